The highest BCUT2D eigenvalue weighted by Gasteiger charge is 2.26. The number of hydrogen-bond donors (Lipinski definition) is 1. The number of carbonyl (C=O) groups excluding carboxylic acids is 4. The number of ether oxygens (including phenoxy) is 5. The van der Waals surface area contributed by atoms with Gasteiger partial charge in [-0.15, -0.1) is 0 Å². The maximum absolute atomic E-state index is 12.6. The third-order valence-electron chi connectivity index (χ3n) is 5.89. The number of nitrogens with two attached hydrogens (primary N) is 1. The molecule has 1 rings (SSSR count). The summed E-state index contributed by atoms with van der Waals surface area (Å²) in [6.45, 7) is 12.4. The van der Waals surface area contributed by atoms with E-state index in [4.69, 9.17) is 29.4 Å². The molecule has 0 aliphatic heterocycles. The molecule has 37 heavy (non-hydrogen) atoms. The summed E-state index contributed by atoms with van der Waals surface area (Å²) in [7, 11) is 0. The molecule has 5 atom stereocenters. The van der Waals surface area contributed by atoms with Gasteiger partial charge in [-0.1, -0.05) is 40.7 Å². The van der Waals surface area contributed by atoms with Gasteiger partial charge in [0.15, 0.2) is 11.5 Å². The van der Waals surface area contributed by atoms with Crippen LogP contribution in [0.25, 0.3) is 0 Å². The van der Waals surface area contributed by atoms with Gasteiger partial charge in [0.25, 0.3) is 0 Å². The third kappa shape index (κ3) is 10.8. The van der Waals surface area contributed by atoms with E-state index in [1.165, 1.54) is 12.1 Å². The minimum atomic E-state index is -1.05. The normalized spacial score (nSPS) is 14.9. The molecule has 0 aliphatic rings. The van der Waals surface area contributed by atoms with E-state index < -0.39 is 42.3 Å². The first-order valence-electron chi connectivity index (χ1n) is 12.8. The van der Waals surface area contributed by atoms with Gasteiger partial charge in [-0.2, -0.15) is 0 Å². The summed E-state index contributed by atoms with van der Waals surface area (Å²) in [5.41, 5.74) is 6.63. The van der Waals surface area contributed by atoms with Crippen molar-refractivity contribution in [2.24, 2.45) is 17.6 Å². The van der Waals surface area contributed by atoms with Crippen molar-refractivity contribution in [2.45, 2.75) is 92.4 Å². The van der Waals surface area contributed by atoms with E-state index in [0.717, 1.165) is 0 Å². The Morgan fingerprint density at radius 1 is 0.784 bits per heavy atom. The molecule has 0 bridgehead atoms. The van der Waals surface area contributed by atoms with Gasteiger partial charge in [-0.05, 0) is 57.2 Å². The lowest BCUT2D eigenvalue weighted by atomic mass is 10.1. The molecule has 0 saturated heterocycles. The molecule has 0 saturated carbocycles. The second kappa shape index (κ2) is 15.9. The molecule has 2 N–H and O–H groups in total. The zero-order valence-electron chi connectivity index (χ0n) is 22.9. The molecule has 0 fully saturated rings. The Kier molecular flexibility index (Phi) is 13.7. The Balaban J connectivity index is 2.93. The number of carbonyl (C=O) groups is 4. The van der Waals surface area contributed by atoms with Crippen LogP contribution in [0, 0.1) is 11.8 Å². The minimum absolute atomic E-state index is 0.0623. The van der Waals surface area contributed by atoms with Crippen LogP contribution in [-0.4, -0.2) is 48.9 Å². The summed E-state index contributed by atoms with van der Waals surface area (Å²) < 4.78 is 26.3. The Bertz CT molecular complexity index is 917. The van der Waals surface area contributed by atoms with Crippen molar-refractivity contribution < 1.29 is 42.9 Å². The highest BCUT2D eigenvalue weighted by molar-refractivity contribution is 5.79. The summed E-state index contributed by atoms with van der Waals surface area (Å²) in [6.07, 6.45) is -0.454. The molecule has 208 valence electrons. The van der Waals surface area contributed by atoms with E-state index in [9.17, 15) is 19.2 Å². The zero-order valence-corrected chi connectivity index (χ0v) is 22.9. The van der Waals surface area contributed by atoms with Gasteiger partial charge in [0.05, 0.1) is 18.4 Å². The average molecular weight is 524 g/mol. The molecule has 0 heterocycles. The van der Waals surface area contributed by atoms with Crippen LogP contribution in [0.15, 0.2) is 18.2 Å². The zero-order chi connectivity index (χ0) is 28.1. The lowest BCUT2D eigenvalue weighted by molar-refractivity contribution is -0.155. The molecule has 0 aliphatic carbocycles. The van der Waals surface area contributed by atoms with Crippen LogP contribution in [0.5, 0.6) is 11.5 Å². The molecule has 2 unspecified atom stereocenters. The monoisotopic (exact) mass is 523 g/mol. The molecule has 0 amide bonds. The first-order valence-corrected chi connectivity index (χ1v) is 12.8. The number of esters is 3. The smallest absolute Gasteiger partial charge is 0.458 e. The van der Waals surface area contributed by atoms with Crippen molar-refractivity contribution in [3.8, 4) is 11.5 Å². The molecule has 0 spiro atoms. The van der Waals surface area contributed by atoms with Crippen molar-refractivity contribution in [1.82, 2.24) is 0 Å². The van der Waals surface area contributed by atoms with Gasteiger partial charge in [-0.25, -0.2) is 4.79 Å². The van der Waals surface area contributed by atoms with Crippen LogP contribution >= 0.6 is 0 Å². The molecule has 0 aromatic heterocycles. The van der Waals surface area contributed by atoms with E-state index in [1.54, 1.807) is 33.8 Å². The number of benzene rings is 1. The van der Waals surface area contributed by atoms with Crippen LogP contribution in [-0.2, 0) is 35.0 Å². The molecule has 10 nitrogen and oxygen atoms in total. The van der Waals surface area contributed by atoms with Crippen molar-refractivity contribution in [3.63, 3.8) is 0 Å². The van der Waals surface area contributed by atoms with Gasteiger partial charge in [0.2, 0.25) is 0 Å². The Morgan fingerprint density at radius 3 is 1.86 bits per heavy atom. The maximum atomic E-state index is 12.6. The topological polar surface area (TPSA) is 140 Å². The predicted molar refractivity (Wildman–Crippen MR) is 136 cm³/mol. The number of rotatable bonds is 14. The molecule has 1 aromatic rings. The van der Waals surface area contributed by atoms with Crippen molar-refractivity contribution >= 4 is 24.1 Å². The fourth-order valence-corrected chi connectivity index (χ4v) is 2.77. The van der Waals surface area contributed by atoms with E-state index in [0.29, 0.717) is 24.8 Å². The fraction of sp³-hybridized carbons (Fsp3) is 0.630. The van der Waals surface area contributed by atoms with Gasteiger partial charge in [0.1, 0.15) is 18.2 Å². The van der Waals surface area contributed by atoms with E-state index in [-0.39, 0.29) is 36.4 Å². The predicted octanol–water partition coefficient (Wildman–Crippen LogP) is 4.34. The van der Waals surface area contributed by atoms with E-state index in [1.807, 2.05) is 20.8 Å². The van der Waals surface area contributed by atoms with Crippen LogP contribution in [0.1, 0.15) is 73.3 Å². The standard InChI is InChI=1S/C27H41NO9/c1-8-13-33-27(32)35-19(7)18(6)34-26(31)21(28)14-20-11-12-22(36-24(29)16(4)9-2)23(15-20)37-25(30)17(5)10-3/h11-12,15-19,21H,8-10,13-14,28H2,1-7H3/t16?,17?,18-,19-,21-/m0/s1. The van der Waals surface area contributed by atoms with Crippen LogP contribution in [0.4, 0.5) is 4.79 Å². The first-order chi connectivity index (χ1) is 17.4. The van der Waals surface area contributed by atoms with Crippen molar-refractivity contribution in [1.29, 1.82) is 0 Å². The van der Waals surface area contributed by atoms with E-state index >= 15 is 0 Å². The molecule has 10 heteroatoms. The largest absolute Gasteiger partial charge is 0.508 e. The lowest BCUT2D eigenvalue weighted by Gasteiger charge is -2.22. The molecular weight excluding hydrogens is 482 g/mol. The lowest BCUT2D eigenvalue weighted by Crippen LogP contribution is -2.39. The van der Waals surface area contributed by atoms with Gasteiger partial charge >= 0.3 is 24.1 Å². The van der Waals surface area contributed by atoms with Crippen molar-refractivity contribution in [3.05, 3.63) is 23.8 Å². The molecule has 1 aromatic carbocycles. The Labute approximate surface area is 219 Å². The van der Waals surface area contributed by atoms with Gasteiger partial charge < -0.3 is 29.4 Å². The number of hydrogen-bond acceptors (Lipinski definition) is 10. The Hall–Kier alpha value is -3.14. The van der Waals surface area contributed by atoms with Crippen LogP contribution in [0.3, 0.4) is 0 Å². The maximum Gasteiger partial charge on any atom is 0.508 e. The summed E-state index contributed by atoms with van der Waals surface area (Å²) in [6, 6.07) is 3.61. The van der Waals surface area contributed by atoms with Gasteiger partial charge in [-0.3, -0.25) is 14.4 Å². The molecule has 0 radical (unpaired) electrons. The highest BCUT2D eigenvalue weighted by Crippen LogP contribution is 2.31. The van der Waals surface area contributed by atoms with Crippen LogP contribution in [0.2, 0.25) is 0 Å². The second-order valence-electron chi connectivity index (χ2n) is 9.12. The summed E-state index contributed by atoms with van der Waals surface area (Å²) in [4.78, 5) is 48.9. The van der Waals surface area contributed by atoms with Crippen LogP contribution < -0.4 is 15.2 Å². The third-order valence-corrected chi connectivity index (χ3v) is 5.89. The van der Waals surface area contributed by atoms with Crippen molar-refractivity contribution in [2.75, 3.05) is 6.61 Å². The summed E-state index contributed by atoms with van der Waals surface area (Å²) in [5.74, 6) is -2.12. The SMILES string of the molecule is CCCOC(=O)O[C@@H](C)[C@H](C)OC(=O)[C@@H](N)Cc1ccc(OC(=O)C(C)CC)c(OC(=O)C(C)CC)c1. The summed E-state index contributed by atoms with van der Waals surface area (Å²) in [5, 5.41) is 0. The quantitative estimate of drug-likeness (QED) is 0.276. The average Bonchev–Trinajstić information content (AvgIpc) is 2.87. The fourth-order valence-electron chi connectivity index (χ4n) is 2.77. The Morgan fingerprint density at radius 2 is 1.32 bits per heavy atom. The van der Waals surface area contributed by atoms with E-state index in [2.05, 4.69) is 0 Å². The minimum Gasteiger partial charge on any atom is -0.458 e. The highest BCUT2D eigenvalue weighted by atomic mass is 16.7. The molecular formula is C27H41NO9. The summed E-state index contributed by atoms with van der Waals surface area (Å²) >= 11 is 0. The first kappa shape index (κ1) is 31.9. The van der Waals surface area contributed by atoms with Gasteiger partial charge in [0, 0.05) is 0 Å². The second-order valence-corrected chi connectivity index (χ2v) is 9.12.